The summed E-state index contributed by atoms with van der Waals surface area (Å²) in [6.45, 7) is 5.87. The number of nitro benzene ring substituents is 1. The first kappa shape index (κ1) is 13.7. The van der Waals surface area contributed by atoms with E-state index in [9.17, 15) is 14.9 Å². The molecule has 1 aromatic carbocycles. The molecule has 1 fully saturated rings. The Morgan fingerprint density at radius 1 is 1.47 bits per heavy atom. The SMILES string of the molecule is Cc1c(CN2CCC(=O)C(C)C2)cccc1[N+](=O)[O-]. The molecule has 0 aliphatic carbocycles. The van der Waals surface area contributed by atoms with Gasteiger partial charge in [-0.05, 0) is 12.5 Å². The summed E-state index contributed by atoms with van der Waals surface area (Å²) in [5.74, 6) is 0.375. The van der Waals surface area contributed by atoms with E-state index in [1.54, 1.807) is 13.0 Å². The highest BCUT2D eigenvalue weighted by molar-refractivity contribution is 5.81. The summed E-state index contributed by atoms with van der Waals surface area (Å²) in [4.78, 5) is 24.2. The Balaban J connectivity index is 2.13. The third kappa shape index (κ3) is 2.98. The van der Waals surface area contributed by atoms with E-state index in [1.807, 2.05) is 13.0 Å². The average Bonchev–Trinajstić information content (AvgIpc) is 2.36. The minimum absolute atomic E-state index is 0.0627. The predicted octanol–water partition coefficient (Wildman–Crippen LogP) is 2.31. The predicted molar refractivity (Wildman–Crippen MR) is 71.9 cm³/mol. The van der Waals surface area contributed by atoms with Gasteiger partial charge in [-0.1, -0.05) is 19.1 Å². The van der Waals surface area contributed by atoms with Crippen LogP contribution in [-0.4, -0.2) is 28.7 Å². The summed E-state index contributed by atoms with van der Waals surface area (Å²) in [7, 11) is 0. The van der Waals surface area contributed by atoms with Crippen LogP contribution in [0.1, 0.15) is 24.5 Å². The summed E-state index contributed by atoms with van der Waals surface area (Å²) in [5, 5.41) is 10.9. The number of hydrogen-bond donors (Lipinski definition) is 0. The largest absolute Gasteiger partial charge is 0.299 e. The maximum atomic E-state index is 11.5. The van der Waals surface area contributed by atoms with E-state index >= 15 is 0 Å². The molecule has 0 amide bonds. The van der Waals surface area contributed by atoms with Gasteiger partial charge in [0, 0.05) is 43.6 Å². The summed E-state index contributed by atoms with van der Waals surface area (Å²) in [6.07, 6.45) is 0.579. The highest BCUT2D eigenvalue weighted by Crippen LogP contribution is 2.23. The number of nitrogens with zero attached hydrogens (tertiary/aromatic N) is 2. The van der Waals surface area contributed by atoms with Crippen molar-refractivity contribution in [2.24, 2.45) is 5.92 Å². The normalized spacial score (nSPS) is 20.5. The van der Waals surface area contributed by atoms with Gasteiger partial charge in [0.25, 0.3) is 5.69 Å². The van der Waals surface area contributed by atoms with Crippen LogP contribution in [-0.2, 0) is 11.3 Å². The number of benzene rings is 1. The molecule has 1 unspecified atom stereocenters. The van der Waals surface area contributed by atoms with E-state index in [2.05, 4.69) is 4.90 Å². The van der Waals surface area contributed by atoms with E-state index in [-0.39, 0.29) is 16.5 Å². The highest BCUT2D eigenvalue weighted by Gasteiger charge is 2.24. The summed E-state index contributed by atoms with van der Waals surface area (Å²) >= 11 is 0. The number of likely N-dealkylation sites (tertiary alicyclic amines) is 1. The molecule has 0 spiro atoms. The second kappa shape index (κ2) is 5.48. The molecule has 2 rings (SSSR count). The van der Waals surface area contributed by atoms with Gasteiger partial charge >= 0.3 is 0 Å². The molecule has 5 nitrogen and oxygen atoms in total. The minimum Gasteiger partial charge on any atom is -0.299 e. The highest BCUT2D eigenvalue weighted by atomic mass is 16.6. The van der Waals surface area contributed by atoms with Crippen molar-refractivity contribution in [3.05, 3.63) is 39.4 Å². The van der Waals surface area contributed by atoms with Crippen molar-refractivity contribution in [2.75, 3.05) is 13.1 Å². The number of carbonyl (C=O) groups is 1. The minimum atomic E-state index is -0.346. The van der Waals surface area contributed by atoms with Gasteiger partial charge in [-0.15, -0.1) is 0 Å². The van der Waals surface area contributed by atoms with Crippen molar-refractivity contribution >= 4 is 11.5 Å². The van der Waals surface area contributed by atoms with Crippen molar-refractivity contribution in [2.45, 2.75) is 26.8 Å². The third-order valence-corrected chi connectivity index (χ3v) is 3.76. The maximum absolute atomic E-state index is 11.5. The lowest BCUT2D eigenvalue weighted by atomic mass is 9.97. The molecule has 1 heterocycles. The Morgan fingerprint density at radius 3 is 2.84 bits per heavy atom. The van der Waals surface area contributed by atoms with Gasteiger partial charge in [-0.25, -0.2) is 0 Å². The van der Waals surface area contributed by atoms with E-state index in [0.717, 1.165) is 24.2 Å². The lowest BCUT2D eigenvalue weighted by Gasteiger charge is -2.30. The van der Waals surface area contributed by atoms with Crippen LogP contribution in [0.25, 0.3) is 0 Å². The molecule has 0 aromatic heterocycles. The van der Waals surface area contributed by atoms with Crippen LogP contribution in [0.3, 0.4) is 0 Å². The third-order valence-electron chi connectivity index (χ3n) is 3.76. The van der Waals surface area contributed by atoms with Crippen LogP contribution in [0.2, 0.25) is 0 Å². The fourth-order valence-corrected chi connectivity index (χ4v) is 2.52. The molecule has 0 saturated carbocycles. The molecule has 0 radical (unpaired) electrons. The number of ketones is 1. The number of piperidine rings is 1. The molecule has 1 saturated heterocycles. The van der Waals surface area contributed by atoms with Gasteiger partial charge in [-0.3, -0.25) is 19.8 Å². The monoisotopic (exact) mass is 262 g/mol. The summed E-state index contributed by atoms with van der Waals surface area (Å²) < 4.78 is 0. The van der Waals surface area contributed by atoms with E-state index in [4.69, 9.17) is 0 Å². The molecule has 0 bridgehead atoms. The van der Waals surface area contributed by atoms with Crippen LogP contribution in [0.15, 0.2) is 18.2 Å². The Morgan fingerprint density at radius 2 is 2.21 bits per heavy atom. The molecular formula is C14H18N2O3. The van der Waals surface area contributed by atoms with Crippen molar-refractivity contribution < 1.29 is 9.72 Å². The number of rotatable bonds is 3. The Kier molecular flexibility index (Phi) is 3.95. The smallest absolute Gasteiger partial charge is 0.272 e. The molecule has 19 heavy (non-hydrogen) atoms. The van der Waals surface area contributed by atoms with Gasteiger partial charge in [0.2, 0.25) is 0 Å². The molecular weight excluding hydrogens is 244 g/mol. The fraction of sp³-hybridized carbons (Fsp3) is 0.500. The van der Waals surface area contributed by atoms with E-state index in [0.29, 0.717) is 18.7 Å². The molecule has 102 valence electrons. The van der Waals surface area contributed by atoms with Gasteiger partial charge < -0.3 is 0 Å². The zero-order chi connectivity index (χ0) is 14.0. The maximum Gasteiger partial charge on any atom is 0.272 e. The first-order valence-corrected chi connectivity index (χ1v) is 6.47. The first-order chi connectivity index (χ1) is 8.99. The van der Waals surface area contributed by atoms with Gasteiger partial charge in [0.1, 0.15) is 5.78 Å². The second-order valence-electron chi connectivity index (χ2n) is 5.17. The fourth-order valence-electron chi connectivity index (χ4n) is 2.52. The first-order valence-electron chi connectivity index (χ1n) is 6.47. The molecule has 1 aromatic rings. The van der Waals surface area contributed by atoms with Crippen LogP contribution < -0.4 is 0 Å². The van der Waals surface area contributed by atoms with E-state index in [1.165, 1.54) is 6.07 Å². The lowest BCUT2D eigenvalue weighted by Crippen LogP contribution is -2.39. The van der Waals surface area contributed by atoms with Crippen LogP contribution in [0.5, 0.6) is 0 Å². The van der Waals surface area contributed by atoms with Crippen LogP contribution >= 0.6 is 0 Å². The van der Waals surface area contributed by atoms with Crippen molar-refractivity contribution in [1.29, 1.82) is 0 Å². The molecule has 0 N–H and O–H groups in total. The standard InChI is InChI=1S/C14H18N2O3/c1-10-8-15(7-6-14(10)17)9-12-4-3-5-13(11(12)2)16(18)19/h3-5,10H,6-9H2,1-2H3. The number of carbonyl (C=O) groups excluding carboxylic acids is 1. The molecule has 1 aliphatic heterocycles. The van der Waals surface area contributed by atoms with Crippen molar-refractivity contribution in [3.63, 3.8) is 0 Å². The summed E-state index contributed by atoms with van der Waals surface area (Å²) in [5.41, 5.74) is 1.85. The molecule has 5 heteroatoms. The quantitative estimate of drug-likeness (QED) is 0.619. The lowest BCUT2D eigenvalue weighted by molar-refractivity contribution is -0.385. The van der Waals surface area contributed by atoms with Crippen molar-refractivity contribution in [3.8, 4) is 0 Å². The van der Waals surface area contributed by atoms with Gasteiger partial charge in [0.15, 0.2) is 0 Å². The Labute approximate surface area is 112 Å². The summed E-state index contributed by atoms with van der Waals surface area (Å²) in [6, 6.07) is 5.17. The average molecular weight is 262 g/mol. The Hall–Kier alpha value is -1.75. The van der Waals surface area contributed by atoms with Crippen molar-refractivity contribution in [1.82, 2.24) is 4.90 Å². The Bertz CT molecular complexity index is 513. The second-order valence-corrected chi connectivity index (χ2v) is 5.17. The number of nitro groups is 1. The van der Waals surface area contributed by atoms with Crippen LogP contribution in [0, 0.1) is 23.0 Å². The van der Waals surface area contributed by atoms with Crippen LogP contribution in [0.4, 0.5) is 5.69 Å². The number of Topliss-reactive ketones (excluding diaryl/α,β-unsaturated/α-hetero) is 1. The van der Waals surface area contributed by atoms with Gasteiger partial charge in [0.05, 0.1) is 4.92 Å². The topological polar surface area (TPSA) is 63.5 Å². The zero-order valence-corrected chi connectivity index (χ0v) is 11.3. The molecule has 1 atom stereocenters. The van der Waals surface area contributed by atoms with E-state index < -0.39 is 0 Å². The van der Waals surface area contributed by atoms with Gasteiger partial charge in [-0.2, -0.15) is 0 Å². The zero-order valence-electron chi connectivity index (χ0n) is 11.3. The molecule has 1 aliphatic rings. The number of hydrogen-bond acceptors (Lipinski definition) is 4.